The Labute approximate surface area is 250 Å². The van der Waals surface area contributed by atoms with Crippen molar-refractivity contribution in [2.75, 3.05) is 13.7 Å². The third kappa shape index (κ3) is 4.06. The van der Waals surface area contributed by atoms with Gasteiger partial charge in [0.2, 0.25) is 0 Å². The minimum absolute atomic E-state index is 0.0597. The van der Waals surface area contributed by atoms with Gasteiger partial charge in [0.15, 0.2) is 5.78 Å². The Bertz CT molecular complexity index is 1050. The number of rotatable bonds is 5. The molecular formula is C34H53BrO5. The van der Waals surface area contributed by atoms with Crippen LogP contribution in [0.4, 0.5) is 0 Å². The van der Waals surface area contributed by atoms with E-state index in [4.69, 9.17) is 9.47 Å². The van der Waals surface area contributed by atoms with Crippen molar-refractivity contribution in [2.24, 2.45) is 62.6 Å². The maximum atomic E-state index is 13.9. The van der Waals surface area contributed by atoms with Gasteiger partial charge in [0.25, 0.3) is 0 Å². The lowest BCUT2D eigenvalue weighted by atomic mass is 9.32. The first-order valence-corrected chi connectivity index (χ1v) is 16.9. The molecule has 5 nitrogen and oxygen atoms in total. The summed E-state index contributed by atoms with van der Waals surface area (Å²) in [5.74, 6) is 2.84. The van der Waals surface area contributed by atoms with Gasteiger partial charge >= 0.3 is 11.9 Å². The summed E-state index contributed by atoms with van der Waals surface area (Å²) >= 11 is 3.83. The van der Waals surface area contributed by atoms with E-state index in [-0.39, 0.29) is 51.5 Å². The van der Waals surface area contributed by atoms with Crippen molar-refractivity contribution in [3.63, 3.8) is 0 Å². The van der Waals surface area contributed by atoms with Gasteiger partial charge in [0.1, 0.15) is 6.61 Å². The van der Waals surface area contributed by atoms with Crippen LogP contribution in [-0.4, -0.2) is 36.3 Å². The van der Waals surface area contributed by atoms with Gasteiger partial charge in [-0.05, 0) is 110 Å². The van der Waals surface area contributed by atoms with Crippen LogP contribution in [-0.2, 0) is 23.9 Å². The molecule has 0 N–H and O–H groups in total. The fraction of sp³-hybridized carbons (Fsp3) is 0.912. The molecule has 5 rings (SSSR count). The molecule has 226 valence electrons. The molecule has 5 aliphatic carbocycles. The molecule has 6 heteroatoms. The number of ketones is 1. The first kappa shape index (κ1) is 30.5. The SMILES string of the molecule is COC(=O)CCOC(=O)[C@]12CC[C@@H](C(C)C)C1C1CCC3[C@@]4(C)CC(Br)C(=O)C(C)(C)C4CC[C@@]3(C)[C@]1(C)CC2. The maximum absolute atomic E-state index is 13.9. The van der Waals surface area contributed by atoms with E-state index in [1.165, 1.54) is 20.0 Å². The number of esters is 2. The van der Waals surface area contributed by atoms with Gasteiger partial charge in [-0.1, -0.05) is 64.4 Å². The summed E-state index contributed by atoms with van der Waals surface area (Å²) in [4.78, 5) is 38.9. The van der Waals surface area contributed by atoms with Crippen molar-refractivity contribution in [1.29, 1.82) is 0 Å². The average molecular weight is 622 g/mol. The molecule has 0 radical (unpaired) electrons. The zero-order chi connectivity index (χ0) is 29.5. The van der Waals surface area contributed by atoms with Crippen LogP contribution >= 0.6 is 15.9 Å². The highest BCUT2D eigenvalue weighted by Crippen LogP contribution is 2.77. The third-order valence-corrected chi connectivity index (χ3v) is 14.9. The predicted molar refractivity (Wildman–Crippen MR) is 160 cm³/mol. The molecule has 0 aromatic carbocycles. The summed E-state index contributed by atoms with van der Waals surface area (Å²) in [5, 5.41) is 0. The molecule has 0 saturated heterocycles. The van der Waals surface area contributed by atoms with Crippen LogP contribution in [0.25, 0.3) is 0 Å². The van der Waals surface area contributed by atoms with E-state index in [1.807, 2.05) is 0 Å². The quantitative estimate of drug-likeness (QED) is 0.232. The Morgan fingerprint density at radius 1 is 0.925 bits per heavy atom. The lowest BCUT2D eigenvalue weighted by molar-refractivity contribution is -0.237. The Hall–Kier alpha value is -0.910. The highest BCUT2D eigenvalue weighted by molar-refractivity contribution is 9.10. The van der Waals surface area contributed by atoms with E-state index < -0.39 is 5.41 Å². The lowest BCUT2D eigenvalue weighted by Crippen LogP contribution is -2.67. The molecule has 5 unspecified atom stereocenters. The van der Waals surface area contributed by atoms with Crippen molar-refractivity contribution in [3.05, 3.63) is 0 Å². The van der Waals surface area contributed by atoms with Crippen LogP contribution < -0.4 is 0 Å². The minimum atomic E-state index is -0.431. The molecule has 40 heavy (non-hydrogen) atoms. The largest absolute Gasteiger partial charge is 0.469 e. The standard InChI is InChI=1S/C34H53BrO5/c1-20(2)21-11-15-34(29(38)40-18-13-26(36)39-8)17-16-32(6)22(27(21)34)9-10-25-31(5)19-23(35)28(37)30(3,4)24(31)12-14-33(25,32)7/h20-25,27H,9-19H2,1-8H3/t21-,22?,23?,24?,25?,27?,31-,32+,33+,34-/m0/s1. The summed E-state index contributed by atoms with van der Waals surface area (Å²) in [7, 11) is 1.38. The summed E-state index contributed by atoms with van der Waals surface area (Å²) in [6.07, 6.45) is 9.62. The molecule has 0 bridgehead atoms. The smallest absolute Gasteiger partial charge is 0.312 e. The molecule has 0 aromatic rings. The third-order valence-electron chi connectivity index (χ3n) is 14.2. The van der Waals surface area contributed by atoms with Gasteiger partial charge in [-0.2, -0.15) is 0 Å². The van der Waals surface area contributed by atoms with Crippen LogP contribution in [0.5, 0.6) is 0 Å². The fourth-order valence-electron chi connectivity index (χ4n) is 12.1. The first-order chi connectivity index (χ1) is 18.6. The van der Waals surface area contributed by atoms with Crippen molar-refractivity contribution in [1.82, 2.24) is 0 Å². The Morgan fingerprint density at radius 2 is 1.62 bits per heavy atom. The van der Waals surface area contributed by atoms with Gasteiger partial charge in [0.05, 0.1) is 23.8 Å². The van der Waals surface area contributed by atoms with Crippen LogP contribution in [0.2, 0.25) is 0 Å². The zero-order valence-corrected chi connectivity index (χ0v) is 27.8. The monoisotopic (exact) mass is 620 g/mol. The molecule has 5 fully saturated rings. The van der Waals surface area contributed by atoms with Gasteiger partial charge in [-0.3, -0.25) is 14.4 Å². The highest BCUT2D eigenvalue weighted by atomic mass is 79.9. The van der Waals surface area contributed by atoms with Crippen LogP contribution in [0.3, 0.4) is 0 Å². The van der Waals surface area contributed by atoms with Crippen molar-refractivity contribution < 1.29 is 23.9 Å². The average Bonchev–Trinajstić information content (AvgIpc) is 3.29. The number of fused-ring (bicyclic) bond motifs is 7. The number of alkyl halides is 1. The molecule has 0 amide bonds. The molecule has 0 aromatic heterocycles. The van der Waals surface area contributed by atoms with E-state index in [2.05, 4.69) is 64.4 Å². The molecule has 0 heterocycles. The van der Waals surface area contributed by atoms with E-state index >= 15 is 0 Å². The van der Waals surface area contributed by atoms with Gasteiger partial charge in [0, 0.05) is 5.41 Å². The highest BCUT2D eigenvalue weighted by Gasteiger charge is 2.72. The number of hydrogen-bond acceptors (Lipinski definition) is 5. The second kappa shape index (κ2) is 10.1. The van der Waals surface area contributed by atoms with E-state index in [0.717, 1.165) is 44.9 Å². The molecule has 10 atom stereocenters. The summed E-state index contributed by atoms with van der Waals surface area (Å²) in [5.41, 5.74) is -0.282. The molecule has 5 saturated carbocycles. The van der Waals surface area contributed by atoms with E-state index in [1.54, 1.807) is 0 Å². The number of halogens is 1. The van der Waals surface area contributed by atoms with Crippen molar-refractivity contribution in [3.8, 4) is 0 Å². The van der Waals surface area contributed by atoms with E-state index in [0.29, 0.717) is 41.3 Å². The van der Waals surface area contributed by atoms with Crippen molar-refractivity contribution >= 4 is 33.7 Å². The maximum Gasteiger partial charge on any atom is 0.312 e. The fourth-order valence-corrected chi connectivity index (χ4v) is 13.4. The number of methoxy groups -OCH3 is 1. The second-order valence-corrected chi connectivity index (χ2v) is 17.1. The van der Waals surface area contributed by atoms with Crippen molar-refractivity contribution in [2.45, 2.75) is 118 Å². The molecule has 0 spiro atoms. The minimum Gasteiger partial charge on any atom is -0.469 e. The molecule has 5 aliphatic rings. The molecule has 0 aliphatic heterocycles. The van der Waals surface area contributed by atoms with Crippen LogP contribution in [0, 0.1) is 62.6 Å². The topological polar surface area (TPSA) is 69.7 Å². The van der Waals surface area contributed by atoms with Crippen LogP contribution in [0.15, 0.2) is 0 Å². The number of ether oxygens (including phenoxy) is 2. The summed E-state index contributed by atoms with van der Waals surface area (Å²) < 4.78 is 10.7. The normalized spacial score (nSPS) is 47.5. The first-order valence-electron chi connectivity index (χ1n) is 16.0. The second-order valence-electron chi connectivity index (χ2n) is 16.0. The van der Waals surface area contributed by atoms with Gasteiger partial charge in [-0.25, -0.2) is 0 Å². The number of carbonyl (C=O) groups is 3. The summed E-state index contributed by atoms with van der Waals surface area (Å²) in [6.45, 7) is 16.9. The zero-order valence-electron chi connectivity index (χ0n) is 26.2. The lowest BCUT2D eigenvalue weighted by Gasteiger charge is -2.72. The summed E-state index contributed by atoms with van der Waals surface area (Å²) in [6, 6.07) is 0. The molecular weight excluding hydrogens is 568 g/mol. The number of Topliss-reactive ketones (excluding diaryl/α,β-unsaturated/α-hetero) is 1. The predicted octanol–water partition coefficient (Wildman–Crippen LogP) is 7.77. The van der Waals surface area contributed by atoms with Crippen LogP contribution in [0.1, 0.15) is 113 Å². The Morgan fingerprint density at radius 3 is 2.27 bits per heavy atom. The van der Waals surface area contributed by atoms with Gasteiger partial charge < -0.3 is 9.47 Å². The van der Waals surface area contributed by atoms with Gasteiger partial charge in [-0.15, -0.1) is 0 Å². The number of carbonyl (C=O) groups excluding carboxylic acids is 3. The Balaban J connectivity index is 1.49. The van der Waals surface area contributed by atoms with E-state index in [9.17, 15) is 14.4 Å². The number of hydrogen-bond donors (Lipinski definition) is 0. The Kier molecular flexibility index (Phi) is 7.70.